The number of hydrogen-bond donors (Lipinski definition) is 2. The number of halogens is 1. The second-order valence-electron chi connectivity index (χ2n) is 4.66. The van der Waals surface area contributed by atoms with Gasteiger partial charge in [0.15, 0.2) is 5.96 Å². The lowest BCUT2D eigenvalue weighted by Gasteiger charge is -2.09. The van der Waals surface area contributed by atoms with Crippen molar-refractivity contribution in [3.63, 3.8) is 0 Å². The second kappa shape index (κ2) is 10.5. The first kappa shape index (κ1) is 19.8. The van der Waals surface area contributed by atoms with Gasteiger partial charge in [-0.1, -0.05) is 24.3 Å². The minimum atomic E-state index is -0.320. The molecule has 0 heterocycles. The van der Waals surface area contributed by atoms with Crippen molar-refractivity contribution in [2.75, 3.05) is 19.0 Å². The fraction of sp³-hybridized carbons (Fsp3) is 0.176. The molecule has 2 aromatic rings. The van der Waals surface area contributed by atoms with E-state index < -0.39 is 0 Å². The molecule has 7 heteroatoms. The molecule has 0 aliphatic carbocycles. The van der Waals surface area contributed by atoms with Gasteiger partial charge in [0.25, 0.3) is 0 Å². The van der Waals surface area contributed by atoms with E-state index in [1.807, 2.05) is 54.6 Å². The van der Waals surface area contributed by atoms with Gasteiger partial charge in [-0.05, 0) is 24.3 Å². The van der Waals surface area contributed by atoms with E-state index in [1.54, 1.807) is 0 Å². The van der Waals surface area contributed by atoms with Crippen LogP contribution in [-0.2, 0) is 9.53 Å². The molecule has 0 bridgehead atoms. The third-order valence-corrected chi connectivity index (χ3v) is 2.91. The molecule has 0 aliphatic heterocycles. The van der Waals surface area contributed by atoms with Crippen molar-refractivity contribution in [3.8, 4) is 11.5 Å². The average Bonchev–Trinajstić information content (AvgIpc) is 2.56. The standard InChI is InChI=1S/C17H19N3O3.HI/c1-22-16(21)10-11-19-17(18)20-13-6-5-9-15(12-13)23-14-7-3-2-4-8-14;/h2-9,12H,10-11H2,1H3,(H3,18,19,20);1H. The maximum absolute atomic E-state index is 11.0. The normalized spacial score (nSPS) is 10.5. The van der Waals surface area contributed by atoms with Crippen LogP contribution in [0.15, 0.2) is 59.6 Å². The lowest BCUT2D eigenvalue weighted by atomic mass is 10.3. The van der Waals surface area contributed by atoms with Gasteiger partial charge >= 0.3 is 5.97 Å². The molecule has 0 fully saturated rings. The number of rotatable bonds is 6. The first-order valence-electron chi connectivity index (χ1n) is 7.14. The summed E-state index contributed by atoms with van der Waals surface area (Å²) in [5, 5.41) is 2.96. The Morgan fingerprint density at radius 2 is 1.83 bits per heavy atom. The summed E-state index contributed by atoms with van der Waals surface area (Å²) in [7, 11) is 1.34. The summed E-state index contributed by atoms with van der Waals surface area (Å²) in [4.78, 5) is 15.1. The fourth-order valence-corrected chi connectivity index (χ4v) is 1.82. The summed E-state index contributed by atoms with van der Waals surface area (Å²) in [6.45, 7) is 0.270. The average molecular weight is 441 g/mol. The molecule has 0 saturated carbocycles. The molecule has 0 aromatic heterocycles. The van der Waals surface area contributed by atoms with Gasteiger partial charge in [0.2, 0.25) is 0 Å². The number of benzene rings is 2. The second-order valence-corrected chi connectivity index (χ2v) is 4.66. The van der Waals surface area contributed by atoms with Gasteiger partial charge in [0.1, 0.15) is 11.5 Å². The molecule has 0 radical (unpaired) electrons. The van der Waals surface area contributed by atoms with E-state index in [2.05, 4.69) is 15.0 Å². The van der Waals surface area contributed by atoms with Crippen LogP contribution in [0.5, 0.6) is 11.5 Å². The number of nitrogens with two attached hydrogens (primary N) is 1. The number of carbonyl (C=O) groups is 1. The predicted molar refractivity (Wildman–Crippen MR) is 105 cm³/mol. The Labute approximate surface area is 158 Å². The monoisotopic (exact) mass is 441 g/mol. The van der Waals surface area contributed by atoms with Crippen molar-refractivity contribution < 1.29 is 14.3 Å². The van der Waals surface area contributed by atoms with Crippen molar-refractivity contribution in [3.05, 3.63) is 54.6 Å². The Morgan fingerprint density at radius 1 is 1.12 bits per heavy atom. The molecule has 0 spiro atoms. The highest BCUT2D eigenvalue weighted by Crippen LogP contribution is 2.23. The molecular formula is C17H20IN3O3. The van der Waals surface area contributed by atoms with Crippen LogP contribution in [0.1, 0.15) is 6.42 Å². The number of hydrogen-bond acceptors (Lipinski definition) is 4. The van der Waals surface area contributed by atoms with E-state index in [-0.39, 0.29) is 48.9 Å². The summed E-state index contributed by atoms with van der Waals surface area (Å²) >= 11 is 0. The topological polar surface area (TPSA) is 85.9 Å². The highest BCUT2D eigenvalue weighted by molar-refractivity contribution is 14.0. The number of carbonyl (C=O) groups excluding carboxylic acids is 1. The van der Waals surface area contributed by atoms with Gasteiger partial charge in [0.05, 0.1) is 20.1 Å². The van der Waals surface area contributed by atoms with Crippen LogP contribution in [0, 0.1) is 0 Å². The Balaban J connectivity index is 0.00000288. The summed E-state index contributed by atoms with van der Waals surface area (Å²) in [5.74, 6) is 1.35. The summed E-state index contributed by atoms with van der Waals surface area (Å²) in [5.41, 5.74) is 6.53. The van der Waals surface area contributed by atoms with Gasteiger partial charge in [0, 0.05) is 11.8 Å². The molecule has 0 aliphatic rings. The molecule has 0 saturated heterocycles. The Kier molecular flexibility index (Phi) is 8.63. The predicted octanol–water partition coefficient (Wildman–Crippen LogP) is 3.39. The molecule has 0 unspecified atom stereocenters. The maximum Gasteiger partial charge on any atom is 0.307 e. The van der Waals surface area contributed by atoms with Crippen molar-refractivity contribution in [2.45, 2.75) is 6.42 Å². The first-order chi connectivity index (χ1) is 11.2. The van der Waals surface area contributed by atoms with Crippen LogP contribution in [0.4, 0.5) is 5.69 Å². The number of esters is 1. The third-order valence-electron chi connectivity index (χ3n) is 2.91. The van der Waals surface area contributed by atoms with Crippen LogP contribution in [-0.4, -0.2) is 25.6 Å². The lowest BCUT2D eigenvalue weighted by molar-refractivity contribution is -0.140. The summed E-state index contributed by atoms with van der Waals surface area (Å²) in [6, 6.07) is 16.9. The van der Waals surface area contributed by atoms with E-state index in [0.29, 0.717) is 5.75 Å². The molecule has 6 nitrogen and oxygen atoms in total. The van der Waals surface area contributed by atoms with E-state index in [0.717, 1.165) is 11.4 Å². The molecule has 2 aromatic carbocycles. The molecule has 3 N–H and O–H groups in total. The zero-order chi connectivity index (χ0) is 16.5. The highest BCUT2D eigenvalue weighted by atomic mass is 127. The third kappa shape index (κ3) is 6.86. The van der Waals surface area contributed by atoms with Gasteiger partial charge in [-0.3, -0.25) is 9.79 Å². The Bertz CT molecular complexity index is 678. The lowest BCUT2D eigenvalue weighted by Crippen LogP contribution is -2.23. The number of anilines is 1. The van der Waals surface area contributed by atoms with Crippen LogP contribution >= 0.6 is 24.0 Å². The minimum absolute atomic E-state index is 0. The highest BCUT2D eigenvalue weighted by Gasteiger charge is 2.01. The summed E-state index contributed by atoms with van der Waals surface area (Å²) in [6.07, 6.45) is 0.191. The smallest absolute Gasteiger partial charge is 0.307 e. The minimum Gasteiger partial charge on any atom is -0.469 e. The number of guanidine groups is 1. The molecule has 0 amide bonds. The molecular weight excluding hydrogens is 421 g/mol. The van der Waals surface area contributed by atoms with Crippen LogP contribution in [0.2, 0.25) is 0 Å². The van der Waals surface area contributed by atoms with Gasteiger partial charge in [-0.2, -0.15) is 0 Å². The maximum atomic E-state index is 11.0. The number of aliphatic imine (C=N–C) groups is 1. The SMILES string of the molecule is COC(=O)CCN=C(N)Nc1cccc(Oc2ccccc2)c1.I. The Hall–Kier alpha value is -2.29. The van der Waals surface area contributed by atoms with Gasteiger partial charge < -0.3 is 20.5 Å². The van der Waals surface area contributed by atoms with E-state index in [9.17, 15) is 4.79 Å². The van der Waals surface area contributed by atoms with Crippen molar-refractivity contribution in [1.82, 2.24) is 0 Å². The van der Waals surface area contributed by atoms with Crippen LogP contribution in [0.25, 0.3) is 0 Å². The number of ether oxygens (including phenoxy) is 2. The fourth-order valence-electron chi connectivity index (χ4n) is 1.82. The molecule has 0 atom stereocenters. The Morgan fingerprint density at radius 3 is 2.54 bits per heavy atom. The first-order valence-corrected chi connectivity index (χ1v) is 7.14. The zero-order valence-corrected chi connectivity index (χ0v) is 15.6. The number of para-hydroxylation sites is 1. The zero-order valence-electron chi connectivity index (χ0n) is 13.3. The molecule has 2 rings (SSSR count). The quantitative estimate of drug-likeness (QED) is 0.311. The van der Waals surface area contributed by atoms with Crippen LogP contribution in [0.3, 0.4) is 0 Å². The van der Waals surface area contributed by atoms with Crippen molar-refractivity contribution >= 4 is 41.6 Å². The van der Waals surface area contributed by atoms with Crippen LogP contribution < -0.4 is 15.8 Å². The van der Waals surface area contributed by atoms with E-state index in [1.165, 1.54) is 7.11 Å². The number of methoxy groups -OCH3 is 1. The molecule has 128 valence electrons. The summed E-state index contributed by atoms with van der Waals surface area (Å²) < 4.78 is 10.3. The van der Waals surface area contributed by atoms with Crippen molar-refractivity contribution in [2.24, 2.45) is 10.7 Å². The van der Waals surface area contributed by atoms with E-state index in [4.69, 9.17) is 10.5 Å². The van der Waals surface area contributed by atoms with Gasteiger partial charge in [-0.25, -0.2) is 0 Å². The number of nitrogens with zero attached hydrogens (tertiary/aromatic N) is 1. The number of nitrogens with one attached hydrogen (secondary N) is 1. The molecule has 24 heavy (non-hydrogen) atoms. The van der Waals surface area contributed by atoms with E-state index >= 15 is 0 Å². The van der Waals surface area contributed by atoms with Crippen molar-refractivity contribution in [1.29, 1.82) is 0 Å². The largest absolute Gasteiger partial charge is 0.469 e. The van der Waals surface area contributed by atoms with Gasteiger partial charge in [-0.15, -0.1) is 24.0 Å².